The Morgan fingerprint density at radius 1 is 1.25 bits per heavy atom. The highest BCUT2D eigenvalue weighted by molar-refractivity contribution is 6.20. The summed E-state index contributed by atoms with van der Waals surface area (Å²) in [5.74, 6) is 0.998. The van der Waals surface area contributed by atoms with Gasteiger partial charge in [-0.3, -0.25) is 0 Å². The van der Waals surface area contributed by atoms with Crippen LogP contribution in [0.15, 0.2) is 24.3 Å². The molecule has 1 unspecified atom stereocenters. The number of aryl methyl sites for hydroxylation is 1. The molecule has 0 saturated heterocycles. The molecule has 0 aromatic heterocycles. The maximum absolute atomic E-state index is 6.13. The second kappa shape index (κ2) is 6.80. The molecule has 0 spiro atoms. The normalized spacial score (nSPS) is 12.8. The van der Waals surface area contributed by atoms with Gasteiger partial charge >= 0.3 is 0 Å². The summed E-state index contributed by atoms with van der Waals surface area (Å²) in [7, 11) is 0. The molecule has 0 bridgehead atoms. The molecule has 0 aliphatic heterocycles. The first-order chi connectivity index (χ1) is 7.63. The first kappa shape index (κ1) is 13.4. The molecule has 0 N–H and O–H groups in total. The van der Waals surface area contributed by atoms with Crippen LogP contribution in [0.3, 0.4) is 0 Å². The Hall–Kier alpha value is -0.690. The second-order valence-corrected chi connectivity index (χ2v) is 4.94. The number of hydrogen-bond acceptors (Lipinski definition) is 1. The fourth-order valence-corrected chi connectivity index (χ4v) is 1.70. The van der Waals surface area contributed by atoms with Crippen LogP contribution in [0.5, 0.6) is 5.75 Å². The SMILES string of the molecule is CCC(Cl)CCc1ccccc1OC(C)C. The van der Waals surface area contributed by atoms with Gasteiger partial charge in [-0.1, -0.05) is 25.1 Å². The molecule has 0 fully saturated rings. The summed E-state index contributed by atoms with van der Waals surface area (Å²) in [6.07, 6.45) is 3.25. The molecule has 1 nitrogen and oxygen atoms in total. The van der Waals surface area contributed by atoms with Crippen LogP contribution in [0.1, 0.15) is 39.2 Å². The maximum atomic E-state index is 6.13. The predicted octanol–water partition coefficient (Wildman–Crippen LogP) is 4.42. The average molecular weight is 241 g/mol. The van der Waals surface area contributed by atoms with Gasteiger partial charge in [0.15, 0.2) is 0 Å². The van der Waals surface area contributed by atoms with Crippen molar-refractivity contribution in [3.63, 3.8) is 0 Å². The highest BCUT2D eigenvalue weighted by Crippen LogP contribution is 2.22. The number of rotatable bonds is 6. The number of alkyl halides is 1. The van der Waals surface area contributed by atoms with Crippen molar-refractivity contribution in [3.8, 4) is 5.75 Å². The van der Waals surface area contributed by atoms with E-state index in [9.17, 15) is 0 Å². The molecular formula is C14H21ClO. The van der Waals surface area contributed by atoms with Crippen molar-refractivity contribution >= 4 is 11.6 Å². The number of halogens is 1. The smallest absolute Gasteiger partial charge is 0.122 e. The summed E-state index contributed by atoms with van der Waals surface area (Å²) in [5, 5.41) is 0.270. The third-order valence-electron chi connectivity index (χ3n) is 2.51. The van der Waals surface area contributed by atoms with E-state index in [1.54, 1.807) is 0 Å². The zero-order valence-electron chi connectivity index (χ0n) is 10.4. The topological polar surface area (TPSA) is 9.23 Å². The molecule has 1 rings (SSSR count). The first-order valence-corrected chi connectivity index (χ1v) is 6.45. The van der Waals surface area contributed by atoms with Crippen LogP contribution in [0, 0.1) is 0 Å². The standard InChI is InChI=1S/C14H21ClO/c1-4-13(15)10-9-12-7-5-6-8-14(12)16-11(2)3/h5-8,11,13H,4,9-10H2,1-3H3. The zero-order valence-corrected chi connectivity index (χ0v) is 11.1. The van der Waals surface area contributed by atoms with E-state index in [4.69, 9.17) is 16.3 Å². The summed E-state index contributed by atoms with van der Waals surface area (Å²) in [4.78, 5) is 0. The molecule has 2 heteroatoms. The molecule has 0 aliphatic carbocycles. The Bertz CT molecular complexity index is 309. The molecule has 0 heterocycles. The van der Waals surface area contributed by atoms with Crippen molar-refractivity contribution in [1.29, 1.82) is 0 Å². The third kappa shape index (κ3) is 4.44. The van der Waals surface area contributed by atoms with Gasteiger partial charge in [-0.2, -0.15) is 0 Å². The van der Waals surface area contributed by atoms with E-state index >= 15 is 0 Å². The summed E-state index contributed by atoms with van der Waals surface area (Å²) in [6.45, 7) is 6.22. The fourth-order valence-electron chi connectivity index (χ4n) is 1.60. The van der Waals surface area contributed by atoms with Gasteiger partial charge in [-0.25, -0.2) is 0 Å². The number of ether oxygens (including phenoxy) is 1. The second-order valence-electron chi connectivity index (χ2n) is 4.32. The molecule has 1 aromatic carbocycles. The van der Waals surface area contributed by atoms with Crippen LogP contribution in [0.4, 0.5) is 0 Å². The molecule has 1 aromatic rings. The molecule has 1 atom stereocenters. The highest BCUT2D eigenvalue weighted by Gasteiger charge is 2.07. The summed E-state index contributed by atoms with van der Waals surface area (Å²) >= 11 is 6.13. The summed E-state index contributed by atoms with van der Waals surface area (Å²) < 4.78 is 5.77. The number of para-hydroxylation sites is 1. The largest absolute Gasteiger partial charge is 0.491 e. The first-order valence-electron chi connectivity index (χ1n) is 6.02. The van der Waals surface area contributed by atoms with Crippen LogP contribution < -0.4 is 4.74 Å². The molecule has 90 valence electrons. The molecule has 0 saturated carbocycles. The Balaban J connectivity index is 2.63. The highest BCUT2D eigenvalue weighted by atomic mass is 35.5. The maximum Gasteiger partial charge on any atom is 0.122 e. The Morgan fingerprint density at radius 2 is 1.94 bits per heavy atom. The number of benzene rings is 1. The van der Waals surface area contributed by atoms with E-state index in [-0.39, 0.29) is 11.5 Å². The van der Waals surface area contributed by atoms with Crippen molar-refractivity contribution in [1.82, 2.24) is 0 Å². The summed E-state index contributed by atoms with van der Waals surface area (Å²) in [6, 6.07) is 8.22. The van der Waals surface area contributed by atoms with Crippen LogP contribution in [-0.4, -0.2) is 11.5 Å². The van der Waals surface area contributed by atoms with Crippen molar-refractivity contribution in [2.75, 3.05) is 0 Å². The van der Waals surface area contributed by atoms with E-state index in [2.05, 4.69) is 19.1 Å². The van der Waals surface area contributed by atoms with Crippen molar-refractivity contribution in [2.24, 2.45) is 0 Å². The zero-order chi connectivity index (χ0) is 12.0. The van der Waals surface area contributed by atoms with Crippen LogP contribution >= 0.6 is 11.6 Å². The monoisotopic (exact) mass is 240 g/mol. The number of hydrogen-bond donors (Lipinski definition) is 0. The van der Waals surface area contributed by atoms with Gasteiger partial charge in [0.05, 0.1) is 6.10 Å². The van der Waals surface area contributed by atoms with E-state index in [0.29, 0.717) is 0 Å². The lowest BCUT2D eigenvalue weighted by atomic mass is 10.1. The molecule has 0 radical (unpaired) electrons. The van der Waals surface area contributed by atoms with Gasteiger partial charge in [0.25, 0.3) is 0 Å². The van der Waals surface area contributed by atoms with Gasteiger partial charge < -0.3 is 4.74 Å². The lowest BCUT2D eigenvalue weighted by Gasteiger charge is -2.14. The van der Waals surface area contributed by atoms with E-state index < -0.39 is 0 Å². The minimum absolute atomic E-state index is 0.221. The van der Waals surface area contributed by atoms with Gasteiger partial charge in [-0.15, -0.1) is 11.6 Å². The van der Waals surface area contributed by atoms with Crippen LogP contribution in [-0.2, 0) is 6.42 Å². The molecular weight excluding hydrogens is 220 g/mol. The van der Waals surface area contributed by atoms with E-state index in [1.807, 2.05) is 26.0 Å². The van der Waals surface area contributed by atoms with Gasteiger partial charge in [0.1, 0.15) is 5.75 Å². The molecule has 0 amide bonds. The van der Waals surface area contributed by atoms with Crippen molar-refractivity contribution in [3.05, 3.63) is 29.8 Å². The van der Waals surface area contributed by atoms with Crippen LogP contribution in [0.2, 0.25) is 0 Å². The summed E-state index contributed by atoms with van der Waals surface area (Å²) in [5.41, 5.74) is 1.26. The van der Waals surface area contributed by atoms with E-state index in [0.717, 1.165) is 25.0 Å². The Labute approximate surface area is 104 Å². The molecule has 16 heavy (non-hydrogen) atoms. The molecule has 0 aliphatic rings. The lowest BCUT2D eigenvalue weighted by Crippen LogP contribution is -2.08. The lowest BCUT2D eigenvalue weighted by molar-refractivity contribution is 0.240. The minimum Gasteiger partial charge on any atom is -0.491 e. The fraction of sp³-hybridized carbons (Fsp3) is 0.571. The Kier molecular flexibility index (Phi) is 5.68. The van der Waals surface area contributed by atoms with Crippen molar-refractivity contribution < 1.29 is 4.74 Å². The Morgan fingerprint density at radius 3 is 2.56 bits per heavy atom. The quantitative estimate of drug-likeness (QED) is 0.669. The van der Waals surface area contributed by atoms with Gasteiger partial charge in [0.2, 0.25) is 0 Å². The van der Waals surface area contributed by atoms with Crippen molar-refractivity contribution in [2.45, 2.75) is 51.5 Å². The van der Waals surface area contributed by atoms with Gasteiger partial charge in [0, 0.05) is 5.38 Å². The van der Waals surface area contributed by atoms with Gasteiger partial charge in [-0.05, 0) is 44.7 Å². The third-order valence-corrected chi connectivity index (χ3v) is 3.03. The van der Waals surface area contributed by atoms with E-state index in [1.165, 1.54) is 5.56 Å². The predicted molar refractivity (Wildman–Crippen MR) is 70.5 cm³/mol. The van der Waals surface area contributed by atoms with Crippen LogP contribution in [0.25, 0.3) is 0 Å². The average Bonchev–Trinajstić information content (AvgIpc) is 2.26. The minimum atomic E-state index is 0.221.